The summed E-state index contributed by atoms with van der Waals surface area (Å²) in [5.41, 5.74) is 8.29. The number of halogens is 1. The summed E-state index contributed by atoms with van der Waals surface area (Å²) in [7, 11) is 0. The molecule has 2 heterocycles. The third-order valence-electron chi connectivity index (χ3n) is 2.86. The molecule has 0 bridgehead atoms. The molecule has 0 atom stereocenters. The highest BCUT2D eigenvalue weighted by atomic mass is 79.9. The Morgan fingerprint density at radius 1 is 1.39 bits per heavy atom. The van der Waals surface area contributed by atoms with Gasteiger partial charge in [0, 0.05) is 11.6 Å². The molecule has 1 aliphatic heterocycles. The molecule has 0 amide bonds. The van der Waals surface area contributed by atoms with Gasteiger partial charge in [-0.2, -0.15) is 0 Å². The molecular weight excluding hydrogens is 300 g/mol. The molecule has 0 saturated carbocycles. The van der Waals surface area contributed by atoms with Crippen LogP contribution in [0.2, 0.25) is 0 Å². The predicted octanol–water partition coefficient (Wildman–Crippen LogP) is 2.98. The summed E-state index contributed by atoms with van der Waals surface area (Å²) in [6, 6.07) is 3.60. The fourth-order valence-corrected chi connectivity index (χ4v) is 2.84. The summed E-state index contributed by atoms with van der Waals surface area (Å²) < 4.78 is 16.7. The van der Waals surface area contributed by atoms with Crippen LogP contribution in [0.25, 0.3) is 11.3 Å². The highest BCUT2D eigenvalue weighted by Crippen LogP contribution is 2.45. The molecule has 3 rings (SSSR count). The van der Waals surface area contributed by atoms with Crippen molar-refractivity contribution in [2.45, 2.75) is 13.3 Å². The summed E-state index contributed by atoms with van der Waals surface area (Å²) in [6.45, 7) is 2.30. The van der Waals surface area contributed by atoms with Gasteiger partial charge in [-0.15, -0.1) is 0 Å². The van der Waals surface area contributed by atoms with Crippen LogP contribution in [0.1, 0.15) is 12.5 Å². The van der Waals surface area contributed by atoms with Crippen LogP contribution >= 0.6 is 15.9 Å². The second-order valence-corrected chi connectivity index (χ2v) is 4.71. The average molecular weight is 311 g/mol. The first kappa shape index (κ1) is 11.4. The number of anilines is 1. The van der Waals surface area contributed by atoms with E-state index in [1.165, 1.54) is 0 Å². The van der Waals surface area contributed by atoms with Crippen LogP contribution in [-0.2, 0) is 6.42 Å². The molecule has 0 spiro atoms. The van der Waals surface area contributed by atoms with E-state index in [1.807, 2.05) is 6.07 Å². The number of benzene rings is 1. The lowest BCUT2D eigenvalue weighted by Crippen LogP contribution is -1.93. The minimum atomic E-state index is 0.238. The SMILES string of the molecule is CCc1c(-c2cc(N)on2)cc2c(c1Br)OCO2. The second kappa shape index (κ2) is 4.20. The van der Waals surface area contributed by atoms with Gasteiger partial charge in [0.25, 0.3) is 0 Å². The van der Waals surface area contributed by atoms with E-state index in [9.17, 15) is 0 Å². The average Bonchev–Trinajstić information content (AvgIpc) is 2.97. The van der Waals surface area contributed by atoms with Crippen molar-refractivity contribution >= 4 is 21.8 Å². The number of nitrogen functional groups attached to an aromatic ring is 1. The Kier molecular flexibility index (Phi) is 2.66. The van der Waals surface area contributed by atoms with E-state index in [1.54, 1.807) is 6.07 Å². The van der Waals surface area contributed by atoms with E-state index < -0.39 is 0 Å². The zero-order valence-electron chi connectivity index (χ0n) is 9.70. The molecule has 2 N–H and O–H groups in total. The molecule has 0 fully saturated rings. The second-order valence-electron chi connectivity index (χ2n) is 3.92. The number of hydrogen-bond donors (Lipinski definition) is 1. The molecule has 2 aromatic rings. The minimum absolute atomic E-state index is 0.238. The van der Waals surface area contributed by atoms with E-state index in [-0.39, 0.29) is 6.79 Å². The van der Waals surface area contributed by atoms with Gasteiger partial charge in [0.05, 0.1) is 4.47 Å². The van der Waals surface area contributed by atoms with Crippen molar-refractivity contribution in [3.05, 3.63) is 22.2 Å². The largest absolute Gasteiger partial charge is 0.454 e. The van der Waals surface area contributed by atoms with Crippen molar-refractivity contribution in [1.82, 2.24) is 5.16 Å². The van der Waals surface area contributed by atoms with E-state index in [4.69, 9.17) is 19.7 Å². The van der Waals surface area contributed by atoms with Gasteiger partial charge in [-0.3, -0.25) is 0 Å². The van der Waals surface area contributed by atoms with Crippen LogP contribution in [0.15, 0.2) is 21.1 Å². The molecule has 6 heteroatoms. The Morgan fingerprint density at radius 2 is 2.22 bits per heavy atom. The molecule has 0 aliphatic carbocycles. The van der Waals surface area contributed by atoms with E-state index in [0.29, 0.717) is 17.3 Å². The van der Waals surface area contributed by atoms with Gasteiger partial charge in [-0.05, 0) is 34.0 Å². The summed E-state index contributed by atoms with van der Waals surface area (Å²) in [5, 5.41) is 3.94. The summed E-state index contributed by atoms with van der Waals surface area (Å²) in [5.74, 6) is 1.74. The first-order chi connectivity index (χ1) is 8.70. The topological polar surface area (TPSA) is 70.5 Å². The molecule has 1 aliphatic rings. The molecule has 0 unspecified atom stereocenters. The highest BCUT2D eigenvalue weighted by Gasteiger charge is 2.23. The van der Waals surface area contributed by atoms with Gasteiger partial charge in [-0.25, -0.2) is 0 Å². The number of ether oxygens (including phenoxy) is 2. The van der Waals surface area contributed by atoms with Crippen molar-refractivity contribution in [1.29, 1.82) is 0 Å². The maximum Gasteiger partial charge on any atom is 0.231 e. The van der Waals surface area contributed by atoms with Crippen LogP contribution in [0, 0.1) is 0 Å². The Morgan fingerprint density at radius 3 is 2.89 bits per heavy atom. The van der Waals surface area contributed by atoms with Crippen molar-refractivity contribution < 1.29 is 14.0 Å². The maximum absolute atomic E-state index is 5.56. The van der Waals surface area contributed by atoms with Gasteiger partial charge in [0.2, 0.25) is 12.7 Å². The first-order valence-corrected chi connectivity index (χ1v) is 6.33. The Labute approximate surface area is 112 Å². The lowest BCUT2D eigenvalue weighted by atomic mass is 10.0. The third kappa shape index (κ3) is 1.64. The molecule has 1 aromatic heterocycles. The normalized spacial score (nSPS) is 13.0. The van der Waals surface area contributed by atoms with Crippen LogP contribution in [-0.4, -0.2) is 11.9 Å². The third-order valence-corrected chi connectivity index (χ3v) is 3.70. The lowest BCUT2D eigenvalue weighted by molar-refractivity contribution is 0.173. The number of nitrogens with two attached hydrogens (primary N) is 1. The molecular formula is C12H11BrN2O3. The van der Waals surface area contributed by atoms with Gasteiger partial charge in [0.1, 0.15) is 5.69 Å². The fraction of sp³-hybridized carbons (Fsp3) is 0.250. The van der Waals surface area contributed by atoms with Gasteiger partial charge in [-0.1, -0.05) is 12.1 Å². The van der Waals surface area contributed by atoms with Gasteiger partial charge >= 0.3 is 0 Å². The maximum atomic E-state index is 5.56. The highest BCUT2D eigenvalue weighted by molar-refractivity contribution is 9.10. The summed E-state index contributed by atoms with van der Waals surface area (Å²) >= 11 is 3.55. The first-order valence-electron chi connectivity index (χ1n) is 5.54. The zero-order chi connectivity index (χ0) is 12.7. The Hall–Kier alpha value is -1.69. The van der Waals surface area contributed by atoms with Crippen molar-refractivity contribution in [2.24, 2.45) is 0 Å². The van der Waals surface area contributed by atoms with Crippen molar-refractivity contribution in [3.8, 4) is 22.8 Å². The predicted molar refractivity (Wildman–Crippen MR) is 69.6 cm³/mol. The Balaban J connectivity index is 2.23. The van der Waals surface area contributed by atoms with Crippen LogP contribution in [0.4, 0.5) is 5.88 Å². The van der Waals surface area contributed by atoms with E-state index in [0.717, 1.165) is 27.8 Å². The standard InChI is InChI=1S/C12H11BrN2O3/c1-2-6-7(8-4-10(14)18-15-8)3-9-12(11(6)13)17-5-16-9/h3-4H,2,5,14H2,1H3. The van der Waals surface area contributed by atoms with E-state index >= 15 is 0 Å². The smallest absolute Gasteiger partial charge is 0.231 e. The quantitative estimate of drug-likeness (QED) is 0.923. The number of fused-ring (bicyclic) bond motifs is 1. The Bertz CT molecular complexity index is 610. The molecule has 94 valence electrons. The molecule has 1 aromatic carbocycles. The van der Waals surface area contributed by atoms with Crippen LogP contribution < -0.4 is 15.2 Å². The lowest BCUT2D eigenvalue weighted by Gasteiger charge is -2.10. The van der Waals surface area contributed by atoms with Crippen LogP contribution in [0.3, 0.4) is 0 Å². The van der Waals surface area contributed by atoms with E-state index in [2.05, 4.69) is 28.0 Å². The number of nitrogens with zero attached hydrogens (tertiary/aromatic N) is 1. The molecule has 0 saturated heterocycles. The monoisotopic (exact) mass is 310 g/mol. The minimum Gasteiger partial charge on any atom is -0.454 e. The van der Waals surface area contributed by atoms with Gasteiger partial charge in [0.15, 0.2) is 11.5 Å². The van der Waals surface area contributed by atoms with Crippen LogP contribution in [0.5, 0.6) is 11.5 Å². The van der Waals surface area contributed by atoms with Crippen molar-refractivity contribution in [3.63, 3.8) is 0 Å². The summed E-state index contributed by atoms with van der Waals surface area (Å²) in [4.78, 5) is 0. The van der Waals surface area contributed by atoms with Crippen molar-refractivity contribution in [2.75, 3.05) is 12.5 Å². The molecule has 18 heavy (non-hydrogen) atoms. The van der Waals surface area contributed by atoms with Gasteiger partial charge < -0.3 is 19.7 Å². The number of aromatic nitrogens is 1. The zero-order valence-corrected chi connectivity index (χ0v) is 11.3. The fourth-order valence-electron chi connectivity index (χ4n) is 2.03. The molecule has 5 nitrogen and oxygen atoms in total. The number of hydrogen-bond acceptors (Lipinski definition) is 5. The molecule has 0 radical (unpaired) electrons. The number of rotatable bonds is 2. The summed E-state index contributed by atoms with van der Waals surface area (Å²) in [6.07, 6.45) is 0.833.